The summed E-state index contributed by atoms with van der Waals surface area (Å²) in [7, 11) is 0. The largest absolute Gasteiger partial charge is 0.454 e. The number of hydrogen-bond donors (Lipinski definition) is 2. The first-order valence-electron chi connectivity index (χ1n) is 6.71. The van der Waals surface area contributed by atoms with Crippen LogP contribution in [-0.4, -0.2) is 12.7 Å². The average molecular weight is 284 g/mol. The maximum Gasteiger partial charge on any atom is 0.231 e. The summed E-state index contributed by atoms with van der Waals surface area (Å²) in [5.41, 5.74) is 8.16. The number of hydrogen-bond acceptors (Lipinski definition) is 4. The molecule has 0 spiro atoms. The Morgan fingerprint density at radius 3 is 2.90 bits per heavy atom. The molecule has 3 rings (SSSR count). The van der Waals surface area contributed by atoms with Crippen LogP contribution >= 0.6 is 0 Å². The highest BCUT2D eigenvalue weighted by molar-refractivity contribution is 5.79. The van der Waals surface area contributed by atoms with Crippen LogP contribution in [0.3, 0.4) is 0 Å². The molecule has 0 atom stereocenters. The zero-order chi connectivity index (χ0) is 14.7. The topological polar surface area (TPSA) is 73.6 Å². The Morgan fingerprint density at radius 1 is 1.19 bits per heavy atom. The van der Waals surface area contributed by atoms with Gasteiger partial charge in [-0.05, 0) is 23.8 Å². The molecule has 1 aliphatic heterocycles. The summed E-state index contributed by atoms with van der Waals surface area (Å²) in [6, 6.07) is 13.0. The van der Waals surface area contributed by atoms with Gasteiger partial charge in [0.25, 0.3) is 0 Å². The van der Waals surface area contributed by atoms with Crippen molar-refractivity contribution in [3.63, 3.8) is 0 Å². The molecule has 0 saturated heterocycles. The first-order valence-corrected chi connectivity index (χ1v) is 6.71. The van der Waals surface area contributed by atoms with Gasteiger partial charge in [-0.2, -0.15) is 0 Å². The van der Waals surface area contributed by atoms with Crippen LogP contribution in [0.25, 0.3) is 0 Å². The van der Waals surface area contributed by atoms with Crippen molar-refractivity contribution >= 4 is 11.6 Å². The van der Waals surface area contributed by atoms with E-state index in [-0.39, 0.29) is 12.7 Å². The molecule has 0 aliphatic carbocycles. The molecule has 5 nitrogen and oxygen atoms in total. The third-order valence-corrected chi connectivity index (χ3v) is 3.27. The number of nitrogens with two attached hydrogens (primary N) is 1. The second-order valence-electron chi connectivity index (χ2n) is 4.85. The lowest BCUT2D eigenvalue weighted by Crippen LogP contribution is -2.24. The van der Waals surface area contributed by atoms with Crippen LogP contribution in [0.5, 0.6) is 11.5 Å². The molecule has 1 amide bonds. The molecule has 0 fully saturated rings. The number of fused-ring (bicyclic) bond motifs is 1. The van der Waals surface area contributed by atoms with Gasteiger partial charge < -0.3 is 20.5 Å². The quantitative estimate of drug-likeness (QED) is 0.840. The van der Waals surface area contributed by atoms with Gasteiger partial charge >= 0.3 is 0 Å². The van der Waals surface area contributed by atoms with Crippen LogP contribution in [0.15, 0.2) is 42.5 Å². The molecule has 0 aromatic heterocycles. The van der Waals surface area contributed by atoms with Gasteiger partial charge in [0.05, 0.1) is 6.42 Å². The Balaban J connectivity index is 1.60. The molecule has 3 N–H and O–H groups in total. The number of rotatable bonds is 4. The van der Waals surface area contributed by atoms with Crippen LogP contribution in [0.2, 0.25) is 0 Å². The van der Waals surface area contributed by atoms with E-state index in [0.29, 0.717) is 24.4 Å². The minimum Gasteiger partial charge on any atom is -0.454 e. The number of nitrogen functional groups attached to an aromatic ring is 1. The maximum absolute atomic E-state index is 12.0. The van der Waals surface area contributed by atoms with E-state index in [1.165, 1.54) is 0 Å². The number of para-hydroxylation sites is 1. The van der Waals surface area contributed by atoms with Gasteiger partial charge in [-0.1, -0.05) is 24.3 Å². The number of anilines is 1. The lowest BCUT2D eigenvalue weighted by atomic mass is 10.1. The van der Waals surface area contributed by atoms with Crippen molar-refractivity contribution in [2.75, 3.05) is 12.5 Å². The molecule has 21 heavy (non-hydrogen) atoms. The van der Waals surface area contributed by atoms with E-state index < -0.39 is 0 Å². The molecule has 0 unspecified atom stereocenters. The second-order valence-corrected chi connectivity index (χ2v) is 4.85. The van der Waals surface area contributed by atoms with Gasteiger partial charge in [0.15, 0.2) is 11.5 Å². The number of carbonyl (C=O) groups excluding carboxylic acids is 1. The Kier molecular flexibility index (Phi) is 3.64. The van der Waals surface area contributed by atoms with E-state index in [4.69, 9.17) is 15.2 Å². The van der Waals surface area contributed by atoms with Crippen molar-refractivity contribution < 1.29 is 14.3 Å². The molecule has 1 aliphatic rings. The van der Waals surface area contributed by atoms with Gasteiger partial charge in [-0.25, -0.2) is 0 Å². The summed E-state index contributed by atoms with van der Waals surface area (Å²) in [4.78, 5) is 12.0. The normalized spacial score (nSPS) is 12.2. The van der Waals surface area contributed by atoms with Crippen LogP contribution < -0.4 is 20.5 Å². The third kappa shape index (κ3) is 3.08. The van der Waals surface area contributed by atoms with Crippen LogP contribution in [-0.2, 0) is 17.8 Å². The van der Waals surface area contributed by atoms with Crippen molar-refractivity contribution in [3.8, 4) is 11.5 Å². The van der Waals surface area contributed by atoms with E-state index in [0.717, 1.165) is 16.9 Å². The lowest BCUT2D eigenvalue weighted by Gasteiger charge is -2.08. The van der Waals surface area contributed by atoms with Gasteiger partial charge in [0.1, 0.15) is 0 Å². The Labute approximate surface area is 122 Å². The Morgan fingerprint density at radius 2 is 2.05 bits per heavy atom. The van der Waals surface area contributed by atoms with E-state index in [9.17, 15) is 4.79 Å². The fourth-order valence-corrected chi connectivity index (χ4v) is 2.27. The van der Waals surface area contributed by atoms with Crippen molar-refractivity contribution in [2.24, 2.45) is 0 Å². The zero-order valence-corrected chi connectivity index (χ0v) is 11.5. The smallest absolute Gasteiger partial charge is 0.231 e. The number of benzene rings is 2. The highest BCUT2D eigenvalue weighted by Crippen LogP contribution is 2.35. The van der Waals surface area contributed by atoms with E-state index >= 15 is 0 Å². The standard InChI is InChI=1S/C16H16N2O3/c17-13-5-1-3-11(7-13)8-15(19)18-9-12-4-2-6-14-16(12)21-10-20-14/h1-7H,8-10,17H2,(H,18,19). The van der Waals surface area contributed by atoms with Crippen molar-refractivity contribution in [1.29, 1.82) is 0 Å². The monoisotopic (exact) mass is 284 g/mol. The molecule has 0 radical (unpaired) electrons. The van der Waals surface area contributed by atoms with Crippen LogP contribution in [0.4, 0.5) is 5.69 Å². The van der Waals surface area contributed by atoms with E-state index in [1.54, 1.807) is 12.1 Å². The van der Waals surface area contributed by atoms with Gasteiger partial charge in [0, 0.05) is 17.8 Å². The summed E-state index contributed by atoms with van der Waals surface area (Å²) >= 11 is 0. The van der Waals surface area contributed by atoms with Crippen molar-refractivity contribution in [2.45, 2.75) is 13.0 Å². The van der Waals surface area contributed by atoms with E-state index in [2.05, 4.69) is 5.32 Å². The highest BCUT2D eigenvalue weighted by atomic mass is 16.7. The first-order chi connectivity index (χ1) is 10.2. The van der Waals surface area contributed by atoms with Crippen LogP contribution in [0.1, 0.15) is 11.1 Å². The average Bonchev–Trinajstić information content (AvgIpc) is 2.94. The predicted octanol–water partition coefficient (Wildman–Crippen LogP) is 1.86. The molecule has 5 heteroatoms. The zero-order valence-electron chi connectivity index (χ0n) is 11.5. The summed E-state index contributed by atoms with van der Waals surface area (Å²) < 4.78 is 10.7. The van der Waals surface area contributed by atoms with Crippen LogP contribution in [0, 0.1) is 0 Å². The molecule has 108 valence electrons. The maximum atomic E-state index is 12.0. The van der Waals surface area contributed by atoms with Gasteiger partial charge in [-0.3, -0.25) is 4.79 Å². The molecule has 2 aromatic rings. The summed E-state index contributed by atoms with van der Waals surface area (Å²) in [6.07, 6.45) is 0.303. The molecular formula is C16H16N2O3. The van der Waals surface area contributed by atoms with Crippen molar-refractivity contribution in [1.82, 2.24) is 5.32 Å². The number of carbonyl (C=O) groups is 1. The Hall–Kier alpha value is -2.69. The third-order valence-electron chi connectivity index (χ3n) is 3.27. The predicted molar refractivity (Wildman–Crippen MR) is 79.0 cm³/mol. The lowest BCUT2D eigenvalue weighted by molar-refractivity contribution is -0.120. The minimum absolute atomic E-state index is 0.0582. The summed E-state index contributed by atoms with van der Waals surface area (Å²) in [6.45, 7) is 0.636. The highest BCUT2D eigenvalue weighted by Gasteiger charge is 2.17. The summed E-state index contributed by atoms with van der Waals surface area (Å²) in [5, 5.41) is 2.88. The molecule has 1 heterocycles. The van der Waals surface area contributed by atoms with Crippen molar-refractivity contribution in [3.05, 3.63) is 53.6 Å². The SMILES string of the molecule is Nc1cccc(CC(=O)NCc2cccc3c2OCO3)c1. The second kappa shape index (κ2) is 5.75. The van der Waals surface area contributed by atoms with Gasteiger partial charge in [0.2, 0.25) is 12.7 Å². The Bertz CT molecular complexity index is 670. The molecule has 0 bridgehead atoms. The number of amides is 1. The fraction of sp³-hybridized carbons (Fsp3) is 0.188. The molecule has 0 saturated carbocycles. The van der Waals surface area contributed by atoms with Gasteiger partial charge in [-0.15, -0.1) is 0 Å². The van der Waals surface area contributed by atoms with E-state index in [1.807, 2.05) is 30.3 Å². The summed E-state index contributed by atoms with van der Waals surface area (Å²) in [5.74, 6) is 1.37. The molecule has 2 aromatic carbocycles. The fourth-order valence-electron chi connectivity index (χ4n) is 2.27. The minimum atomic E-state index is -0.0582. The number of nitrogens with one attached hydrogen (secondary N) is 1. The molecular weight excluding hydrogens is 268 g/mol. The first kappa shape index (κ1) is 13.3. The number of ether oxygens (including phenoxy) is 2.